The molecule has 3 heterocycles. The van der Waals surface area contributed by atoms with Crippen molar-refractivity contribution in [1.82, 2.24) is 15.1 Å². The second kappa shape index (κ2) is 9.53. The number of carboxylic acid groups (broad SMARTS) is 1. The molecule has 2 bridgehead atoms. The van der Waals surface area contributed by atoms with Crippen LogP contribution in [0.1, 0.15) is 92.4 Å². The lowest BCUT2D eigenvalue weighted by Crippen LogP contribution is -2.44. The maximum atomic E-state index is 13.6. The van der Waals surface area contributed by atoms with Gasteiger partial charge in [0.1, 0.15) is 0 Å². The number of rotatable bonds is 6. The standard InChI is InChI=1S/C32H35N3O4/c1-4-5-22-10-15-26(29(36)34-25-13-8-23(9-14-25)30(37)38)28-27(22)16-33-35(28)20(2)21-6-11-24(12-7-21)32-17-31(3,18-32)39-19-32/h6-7,10-12,15-16,20,23,25H,8-9,13-14,17-19H2,1-3H3,(H,34,36)(H,37,38). The van der Waals surface area contributed by atoms with Crippen molar-refractivity contribution in [1.29, 1.82) is 0 Å². The molecule has 39 heavy (non-hydrogen) atoms. The number of aromatic nitrogens is 2. The predicted octanol–water partition coefficient (Wildman–Crippen LogP) is 5.21. The van der Waals surface area contributed by atoms with Crippen LogP contribution in [-0.2, 0) is 14.9 Å². The van der Waals surface area contributed by atoms with Crippen molar-refractivity contribution in [3.05, 3.63) is 64.8 Å². The van der Waals surface area contributed by atoms with E-state index < -0.39 is 5.97 Å². The average Bonchev–Trinajstić information content (AvgIpc) is 3.61. The van der Waals surface area contributed by atoms with Crippen LogP contribution in [0.5, 0.6) is 0 Å². The SMILES string of the molecule is CC#Cc1ccc(C(=O)NC2CCC(C(=O)O)CC2)c2c1cnn2C(C)c1ccc(C23COC(C)(C2)C3)cc1. The normalized spacial score (nSPS) is 28.3. The van der Waals surface area contributed by atoms with E-state index >= 15 is 0 Å². The van der Waals surface area contributed by atoms with E-state index in [1.807, 2.05) is 16.8 Å². The second-order valence-electron chi connectivity index (χ2n) is 11.9. The number of fused-ring (bicyclic) bond motifs is 2. The molecule has 2 saturated carbocycles. The summed E-state index contributed by atoms with van der Waals surface area (Å²) in [5, 5.41) is 18.1. The first kappa shape index (κ1) is 25.6. The van der Waals surface area contributed by atoms with E-state index in [9.17, 15) is 14.7 Å². The van der Waals surface area contributed by atoms with Crippen LogP contribution in [0.2, 0.25) is 0 Å². The largest absolute Gasteiger partial charge is 0.481 e. The number of aliphatic carboxylic acids is 1. The minimum atomic E-state index is -0.748. The summed E-state index contributed by atoms with van der Waals surface area (Å²) in [5.41, 5.74) is 4.81. The molecule has 0 radical (unpaired) electrons. The number of ether oxygens (including phenoxy) is 1. The molecular weight excluding hydrogens is 490 g/mol. The summed E-state index contributed by atoms with van der Waals surface area (Å²) in [4.78, 5) is 24.9. The maximum Gasteiger partial charge on any atom is 0.306 e. The Morgan fingerprint density at radius 2 is 1.85 bits per heavy atom. The van der Waals surface area contributed by atoms with Crippen molar-refractivity contribution < 1.29 is 19.4 Å². The summed E-state index contributed by atoms with van der Waals surface area (Å²) in [6, 6.07) is 12.4. The first-order chi connectivity index (χ1) is 18.7. The molecular formula is C32H35N3O4. The van der Waals surface area contributed by atoms with Crippen molar-refractivity contribution >= 4 is 22.8 Å². The lowest BCUT2D eigenvalue weighted by Gasteiger charge is -2.42. The Balaban J connectivity index is 1.29. The van der Waals surface area contributed by atoms with Gasteiger partial charge < -0.3 is 15.2 Å². The van der Waals surface area contributed by atoms with Crippen LogP contribution < -0.4 is 5.32 Å². The highest BCUT2D eigenvalue weighted by atomic mass is 16.5. The molecule has 0 spiro atoms. The van der Waals surface area contributed by atoms with E-state index in [1.165, 1.54) is 5.56 Å². The van der Waals surface area contributed by atoms with Gasteiger partial charge in [0.25, 0.3) is 5.91 Å². The number of benzene rings is 2. The maximum absolute atomic E-state index is 13.6. The highest BCUT2D eigenvalue weighted by Gasteiger charge is 2.60. The summed E-state index contributed by atoms with van der Waals surface area (Å²) >= 11 is 0. The minimum absolute atomic E-state index is 0.0353. The fraction of sp³-hybridized carbons (Fsp3) is 0.469. The predicted molar refractivity (Wildman–Crippen MR) is 149 cm³/mol. The van der Waals surface area contributed by atoms with Crippen molar-refractivity contribution in [2.75, 3.05) is 6.61 Å². The number of carbonyl (C=O) groups excluding carboxylic acids is 1. The third-order valence-electron chi connectivity index (χ3n) is 9.17. The Bertz CT molecular complexity index is 1500. The molecule has 1 unspecified atom stereocenters. The van der Waals surface area contributed by atoms with E-state index in [-0.39, 0.29) is 34.9 Å². The van der Waals surface area contributed by atoms with Crippen molar-refractivity contribution in [2.24, 2.45) is 5.92 Å². The van der Waals surface area contributed by atoms with E-state index in [4.69, 9.17) is 9.84 Å². The number of hydrogen-bond donors (Lipinski definition) is 2. The zero-order valence-corrected chi connectivity index (χ0v) is 22.8. The lowest BCUT2D eigenvalue weighted by atomic mass is 9.60. The molecule has 3 aromatic rings. The summed E-state index contributed by atoms with van der Waals surface area (Å²) in [5.74, 6) is 4.90. The summed E-state index contributed by atoms with van der Waals surface area (Å²) < 4.78 is 7.93. The van der Waals surface area contributed by atoms with Gasteiger partial charge in [-0.3, -0.25) is 14.3 Å². The Hall–Kier alpha value is -3.63. The Morgan fingerprint density at radius 1 is 1.13 bits per heavy atom. The molecule has 1 amide bonds. The zero-order chi connectivity index (χ0) is 27.4. The molecule has 7 rings (SSSR count). The van der Waals surface area contributed by atoms with Crippen LogP contribution in [-0.4, -0.2) is 45.0 Å². The number of hydrogen-bond acceptors (Lipinski definition) is 4. The van der Waals surface area contributed by atoms with Gasteiger partial charge in [-0.2, -0.15) is 5.10 Å². The van der Waals surface area contributed by atoms with Crippen LogP contribution in [0.15, 0.2) is 42.6 Å². The van der Waals surface area contributed by atoms with Crippen molar-refractivity contribution in [3.8, 4) is 11.8 Å². The van der Waals surface area contributed by atoms with Crippen molar-refractivity contribution in [2.45, 2.75) is 82.4 Å². The molecule has 1 aromatic heterocycles. The smallest absolute Gasteiger partial charge is 0.306 e. The van der Waals surface area contributed by atoms with E-state index in [0.29, 0.717) is 31.2 Å². The summed E-state index contributed by atoms with van der Waals surface area (Å²) in [6.45, 7) is 6.89. The van der Waals surface area contributed by atoms with E-state index in [0.717, 1.165) is 41.5 Å². The average molecular weight is 526 g/mol. The van der Waals surface area contributed by atoms with Gasteiger partial charge in [0, 0.05) is 22.4 Å². The number of carbonyl (C=O) groups is 2. The quantitative estimate of drug-likeness (QED) is 0.431. The van der Waals surface area contributed by atoms with Crippen LogP contribution >= 0.6 is 0 Å². The second-order valence-corrected chi connectivity index (χ2v) is 11.9. The Morgan fingerprint density at radius 3 is 2.46 bits per heavy atom. The van der Waals surface area contributed by atoms with Crippen LogP contribution in [0, 0.1) is 17.8 Å². The topological polar surface area (TPSA) is 93.5 Å². The molecule has 4 fully saturated rings. The Labute approximate surface area is 228 Å². The molecule has 2 aliphatic carbocycles. The highest BCUT2D eigenvalue weighted by molar-refractivity contribution is 6.07. The van der Waals surface area contributed by atoms with E-state index in [1.54, 1.807) is 13.1 Å². The molecule has 1 atom stereocenters. The molecule has 2 N–H and O–H groups in total. The molecule has 2 aliphatic heterocycles. The Kier molecular flexibility index (Phi) is 6.27. The van der Waals surface area contributed by atoms with Gasteiger partial charge >= 0.3 is 5.97 Å². The minimum Gasteiger partial charge on any atom is -0.481 e. The van der Waals surface area contributed by atoms with Gasteiger partial charge in [0.2, 0.25) is 0 Å². The number of amides is 1. The van der Waals surface area contributed by atoms with Gasteiger partial charge in [-0.05, 0) is 82.6 Å². The lowest BCUT2D eigenvalue weighted by molar-refractivity contribution is -0.142. The van der Waals surface area contributed by atoms with Gasteiger partial charge in [0.15, 0.2) is 0 Å². The first-order valence-electron chi connectivity index (χ1n) is 13.9. The molecule has 7 nitrogen and oxygen atoms in total. The molecule has 2 aromatic carbocycles. The van der Waals surface area contributed by atoms with Gasteiger partial charge in [-0.15, -0.1) is 5.92 Å². The van der Waals surface area contributed by atoms with Crippen LogP contribution in [0.25, 0.3) is 10.9 Å². The number of nitrogens with zero attached hydrogens (tertiary/aromatic N) is 2. The summed E-state index contributed by atoms with van der Waals surface area (Å²) in [7, 11) is 0. The van der Waals surface area contributed by atoms with E-state index in [2.05, 4.69) is 55.3 Å². The molecule has 4 aliphatic rings. The third-order valence-corrected chi connectivity index (χ3v) is 9.17. The molecule has 2 saturated heterocycles. The third kappa shape index (κ3) is 4.41. The van der Waals surface area contributed by atoms with Crippen LogP contribution in [0.4, 0.5) is 0 Å². The monoisotopic (exact) mass is 525 g/mol. The van der Waals surface area contributed by atoms with Gasteiger partial charge in [-0.1, -0.05) is 30.2 Å². The summed E-state index contributed by atoms with van der Waals surface area (Å²) in [6.07, 6.45) is 6.46. The molecule has 7 heteroatoms. The van der Waals surface area contributed by atoms with Crippen molar-refractivity contribution in [3.63, 3.8) is 0 Å². The first-order valence-corrected chi connectivity index (χ1v) is 13.9. The fourth-order valence-electron chi connectivity index (χ4n) is 7.07. The van der Waals surface area contributed by atoms with Gasteiger partial charge in [0.05, 0.1) is 41.4 Å². The van der Waals surface area contributed by atoms with Gasteiger partial charge in [-0.25, -0.2) is 0 Å². The van der Waals surface area contributed by atoms with Crippen LogP contribution in [0.3, 0.4) is 0 Å². The number of nitrogens with one attached hydrogen (secondary N) is 1. The molecule has 202 valence electrons. The number of carboxylic acids is 1. The fourth-order valence-corrected chi connectivity index (χ4v) is 7.07. The highest BCUT2D eigenvalue weighted by Crippen LogP contribution is 2.58. The zero-order valence-electron chi connectivity index (χ0n) is 22.8.